The van der Waals surface area contributed by atoms with Crippen molar-refractivity contribution in [1.29, 1.82) is 0 Å². The van der Waals surface area contributed by atoms with Crippen LogP contribution in [0.3, 0.4) is 0 Å². The molecule has 0 bridgehead atoms. The summed E-state index contributed by atoms with van der Waals surface area (Å²) in [5.41, 5.74) is 1.82. The highest BCUT2D eigenvalue weighted by molar-refractivity contribution is 7.99. The number of nitrogens with one attached hydrogen (secondary N) is 1. The van der Waals surface area contributed by atoms with Crippen LogP contribution >= 0.6 is 23.1 Å². The highest BCUT2D eigenvalue weighted by Gasteiger charge is 2.30. The fourth-order valence-electron chi connectivity index (χ4n) is 4.49. The van der Waals surface area contributed by atoms with Gasteiger partial charge in [-0.15, -0.1) is 11.3 Å². The molecule has 0 radical (unpaired) electrons. The molecule has 10 heteroatoms. The number of aryl methyl sites for hydroxylation is 2. The lowest BCUT2D eigenvalue weighted by atomic mass is 9.89. The molecule has 1 unspecified atom stereocenters. The molecule has 2 aromatic heterocycles. The number of anilines is 1. The maximum absolute atomic E-state index is 13.8. The van der Waals surface area contributed by atoms with Crippen molar-refractivity contribution in [3.05, 3.63) is 80.5 Å². The first kappa shape index (κ1) is 25.5. The van der Waals surface area contributed by atoms with Crippen LogP contribution in [0.25, 0.3) is 15.9 Å². The van der Waals surface area contributed by atoms with E-state index in [1.807, 2.05) is 31.2 Å². The van der Waals surface area contributed by atoms with E-state index in [1.165, 1.54) is 32.9 Å². The fourth-order valence-corrected chi connectivity index (χ4v) is 6.73. The van der Waals surface area contributed by atoms with Crippen LogP contribution in [0.4, 0.5) is 18.9 Å². The number of benzene rings is 2. The molecule has 0 spiro atoms. The van der Waals surface area contributed by atoms with Crippen molar-refractivity contribution in [2.24, 2.45) is 5.92 Å². The predicted octanol–water partition coefficient (Wildman–Crippen LogP) is 6.63. The third-order valence-electron chi connectivity index (χ3n) is 6.40. The molecule has 0 saturated carbocycles. The van der Waals surface area contributed by atoms with Gasteiger partial charge in [-0.2, -0.15) is 13.2 Å². The Morgan fingerprint density at radius 1 is 1.22 bits per heavy atom. The SMILES string of the molecule is Cc1ccc(-n2c(SCC(=O)Nc3cccc(C(F)(F)F)c3)nc3sc4c(c3c2=O)CCC(C)C4)cc1. The number of thiophene rings is 1. The van der Waals surface area contributed by atoms with Gasteiger partial charge in [-0.05, 0) is 68.0 Å². The highest BCUT2D eigenvalue weighted by atomic mass is 32.2. The molecular weight excluding hydrogens is 519 g/mol. The molecule has 2 aromatic carbocycles. The molecular formula is C27H24F3N3O2S2. The summed E-state index contributed by atoms with van der Waals surface area (Å²) in [6, 6.07) is 12.0. The first-order valence-electron chi connectivity index (χ1n) is 11.8. The number of alkyl halides is 3. The number of aromatic nitrogens is 2. The zero-order valence-electron chi connectivity index (χ0n) is 20.2. The molecule has 2 heterocycles. The van der Waals surface area contributed by atoms with Gasteiger partial charge >= 0.3 is 6.18 Å². The molecule has 1 N–H and O–H groups in total. The van der Waals surface area contributed by atoms with Crippen LogP contribution in [0.5, 0.6) is 0 Å². The minimum absolute atomic E-state index is 0.0554. The van der Waals surface area contributed by atoms with Crippen LogP contribution in [-0.4, -0.2) is 21.2 Å². The number of amides is 1. The minimum Gasteiger partial charge on any atom is -0.325 e. The molecule has 4 aromatic rings. The van der Waals surface area contributed by atoms with Crippen molar-refractivity contribution in [2.75, 3.05) is 11.1 Å². The summed E-state index contributed by atoms with van der Waals surface area (Å²) in [5.74, 6) is -0.0657. The van der Waals surface area contributed by atoms with Gasteiger partial charge in [0.05, 0.1) is 22.4 Å². The third kappa shape index (κ3) is 5.31. The van der Waals surface area contributed by atoms with Crippen molar-refractivity contribution in [1.82, 2.24) is 9.55 Å². The molecule has 192 valence electrons. The Hall–Kier alpha value is -3.11. The maximum atomic E-state index is 13.8. The largest absolute Gasteiger partial charge is 0.416 e. The minimum atomic E-state index is -4.50. The molecule has 0 aliphatic heterocycles. The van der Waals surface area contributed by atoms with Gasteiger partial charge in [0.15, 0.2) is 5.16 Å². The Morgan fingerprint density at radius 3 is 2.70 bits per heavy atom. The topological polar surface area (TPSA) is 64.0 Å². The van der Waals surface area contributed by atoms with E-state index in [2.05, 4.69) is 12.2 Å². The van der Waals surface area contributed by atoms with E-state index >= 15 is 0 Å². The number of hydrogen-bond donors (Lipinski definition) is 1. The standard InChI is InChI=1S/C27H24F3N3O2S2/c1-15-6-9-19(10-7-15)33-25(35)23-20-11-8-16(2)12-21(20)37-24(23)32-26(33)36-14-22(34)31-18-5-3-4-17(13-18)27(28,29)30/h3-7,9-10,13,16H,8,11-12,14H2,1-2H3,(H,31,34). The van der Waals surface area contributed by atoms with E-state index in [4.69, 9.17) is 4.98 Å². The van der Waals surface area contributed by atoms with Gasteiger partial charge in [0, 0.05) is 10.6 Å². The van der Waals surface area contributed by atoms with Crippen LogP contribution in [0, 0.1) is 12.8 Å². The molecule has 1 atom stereocenters. The number of hydrogen-bond acceptors (Lipinski definition) is 5. The van der Waals surface area contributed by atoms with Gasteiger partial charge in [0.25, 0.3) is 5.56 Å². The van der Waals surface area contributed by atoms with E-state index in [9.17, 15) is 22.8 Å². The van der Waals surface area contributed by atoms with Crippen molar-refractivity contribution in [3.8, 4) is 5.69 Å². The van der Waals surface area contributed by atoms with Crippen LogP contribution in [0.1, 0.15) is 34.9 Å². The summed E-state index contributed by atoms with van der Waals surface area (Å²) in [5, 5.41) is 3.53. The van der Waals surface area contributed by atoms with Crippen LogP contribution < -0.4 is 10.9 Å². The zero-order valence-corrected chi connectivity index (χ0v) is 21.8. The molecule has 5 rings (SSSR count). The van der Waals surface area contributed by atoms with Gasteiger partial charge in [-0.25, -0.2) is 4.98 Å². The van der Waals surface area contributed by atoms with Crippen LogP contribution in [0.15, 0.2) is 58.5 Å². The van der Waals surface area contributed by atoms with Crippen molar-refractivity contribution >= 4 is 44.9 Å². The third-order valence-corrected chi connectivity index (χ3v) is 8.48. The first-order chi connectivity index (χ1) is 17.6. The Morgan fingerprint density at radius 2 is 1.97 bits per heavy atom. The molecule has 1 aliphatic rings. The normalized spacial score (nSPS) is 15.5. The average Bonchev–Trinajstić information content (AvgIpc) is 3.21. The van der Waals surface area contributed by atoms with E-state index in [1.54, 1.807) is 0 Å². The molecule has 0 fully saturated rings. The predicted molar refractivity (Wildman–Crippen MR) is 142 cm³/mol. The summed E-state index contributed by atoms with van der Waals surface area (Å²) in [6.45, 7) is 4.16. The van der Waals surface area contributed by atoms with Crippen LogP contribution in [-0.2, 0) is 23.8 Å². The van der Waals surface area contributed by atoms with Crippen molar-refractivity contribution in [3.63, 3.8) is 0 Å². The Bertz CT molecular complexity index is 1540. The molecule has 5 nitrogen and oxygen atoms in total. The number of nitrogens with zero attached hydrogens (tertiary/aromatic N) is 2. The Labute approximate surface area is 219 Å². The Kier molecular flexibility index (Phi) is 6.89. The van der Waals surface area contributed by atoms with Gasteiger partial charge < -0.3 is 5.32 Å². The second kappa shape index (κ2) is 9.98. The summed E-state index contributed by atoms with van der Waals surface area (Å²) >= 11 is 2.62. The maximum Gasteiger partial charge on any atom is 0.416 e. The number of carbonyl (C=O) groups excluding carboxylic acids is 1. The van der Waals surface area contributed by atoms with E-state index in [0.29, 0.717) is 27.0 Å². The summed E-state index contributed by atoms with van der Waals surface area (Å²) in [6.07, 6.45) is -1.72. The highest BCUT2D eigenvalue weighted by Crippen LogP contribution is 2.37. The second-order valence-electron chi connectivity index (χ2n) is 9.32. The number of thioether (sulfide) groups is 1. The second-order valence-corrected chi connectivity index (χ2v) is 11.3. The Balaban J connectivity index is 1.48. The first-order valence-corrected chi connectivity index (χ1v) is 13.6. The van der Waals surface area contributed by atoms with Crippen LogP contribution in [0.2, 0.25) is 0 Å². The number of rotatable bonds is 5. The van der Waals surface area contributed by atoms with Gasteiger partial charge in [0.1, 0.15) is 4.83 Å². The molecule has 1 aliphatic carbocycles. The lowest BCUT2D eigenvalue weighted by Gasteiger charge is -2.18. The summed E-state index contributed by atoms with van der Waals surface area (Å²) < 4.78 is 40.6. The van der Waals surface area contributed by atoms with Crippen molar-refractivity contribution < 1.29 is 18.0 Å². The quantitative estimate of drug-likeness (QED) is 0.227. The fraction of sp³-hybridized carbons (Fsp3) is 0.296. The molecule has 37 heavy (non-hydrogen) atoms. The monoisotopic (exact) mass is 543 g/mol. The van der Waals surface area contributed by atoms with Gasteiger partial charge in [0.2, 0.25) is 5.91 Å². The number of halogens is 3. The van der Waals surface area contributed by atoms with E-state index < -0.39 is 17.6 Å². The van der Waals surface area contributed by atoms with E-state index in [-0.39, 0.29) is 17.0 Å². The van der Waals surface area contributed by atoms with Crippen molar-refractivity contribution in [2.45, 2.75) is 44.4 Å². The van der Waals surface area contributed by atoms with E-state index in [0.717, 1.165) is 54.3 Å². The smallest absolute Gasteiger partial charge is 0.325 e. The van der Waals surface area contributed by atoms with Gasteiger partial charge in [-0.1, -0.05) is 42.4 Å². The molecule has 1 amide bonds. The molecule has 0 saturated heterocycles. The zero-order chi connectivity index (χ0) is 26.3. The number of carbonyl (C=O) groups is 1. The lowest BCUT2D eigenvalue weighted by molar-refractivity contribution is -0.137. The van der Waals surface area contributed by atoms with Gasteiger partial charge in [-0.3, -0.25) is 14.2 Å². The number of fused-ring (bicyclic) bond motifs is 3. The summed E-state index contributed by atoms with van der Waals surface area (Å²) in [7, 11) is 0. The average molecular weight is 544 g/mol. The lowest BCUT2D eigenvalue weighted by Crippen LogP contribution is -2.23. The summed E-state index contributed by atoms with van der Waals surface area (Å²) in [4.78, 5) is 33.1.